The van der Waals surface area contributed by atoms with Crippen LogP contribution in [0.15, 0.2) is 48.5 Å². The van der Waals surface area contributed by atoms with E-state index >= 15 is 0 Å². The van der Waals surface area contributed by atoms with Gasteiger partial charge in [0.15, 0.2) is 6.10 Å². The minimum atomic E-state index is -0.579. The summed E-state index contributed by atoms with van der Waals surface area (Å²) in [7, 11) is 0. The summed E-state index contributed by atoms with van der Waals surface area (Å²) in [4.78, 5) is 24.2. The fourth-order valence-electron chi connectivity index (χ4n) is 2.35. The van der Waals surface area contributed by atoms with Crippen LogP contribution in [0.25, 0.3) is 0 Å². The average Bonchev–Trinajstić information content (AvgIpc) is 2.61. The molecule has 0 aliphatic rings. The van der Waals surface area contributed by atoms with E-state index < -0.39 is 6.10 Å². The van der Waals surface area contributed by atoms with Crippen LogP contribution in [0, 0.1) is 6.92 Å². The molecule has 0 saturated carbocycles. The Morgan fingerprint density at radius 2 is 1.72 bits per heavy atom. The number of hydrogen-bond donors (Lipinski definition) is 2. The van der Waals surface area contributed by atoms with Crippen LogP contribution in [0.4, 0.5) is 5.69 Å². The van der Waals surface area contributed by atoms with Gasteiger partial charge in [-0.25, -0.2) is 0 Å². The minimum absolute atomic E-state index is 0.130. The van der Waals surface area contributed by atoms with Crippen LogP contribution in [-0.4, -0.2) is 24.5 Å². The van der Waals surface area contributed by atoms with Crippen LogP contribution < -0.4 is 15.4 Å². The normalized spacial score (nSPS) is 11.5. The molecular weight excluding hydrogens is 316 g/mol. The lowest BCUT2D eigenvalue weighted by Gasteiger charge is -2.18. The standard InChI is InChI=1S/C20H24N2O3/c1-4-17(25-18-9-7-6-8-14(18)3)20(24)22-16-12-10-15(11-13-16)19(23)21-5-2/h6-13,17H,4-5H2,1-3H3,(H,21,23)(H,22,24). The monoisotopic (exact) mass is 340 g/mol. The summed E-state index contributed by atoms with van der Waals surface area (Å²) in [5.41, 5.74) is 2.17. The Kier molecular flexibility index (Phi) is 6.57. The average molecular weight is 340 g/mol. The van der Waals surface area contributed by atoms with Crippen LogP contribution in [0.3, 0.4) is 0 Å². The summed E-state index contributed by atoms with van der Waals surface area (Å²) in [6.07, 6.45) is -0.0267. The lowest BCUT2D eigenvalue weighted by atomic mass is 10.1. The number of nitrogens with one attached hydrogen (secondary N) is 2. The fourth-order valence-corrected chi connectivity index (χ4v) is 2.35. The van der Waals surface area contributed by atoms with Gasteiger partial charge in [-0.1, -0.05) is 25.1 Å². The number of amides is 2. The highest BCUT2D eigenvalue weighted by Gasteiger charge is 2.19. The number of para-hydroxylation sites is 1. The molecule has 1 unspecified atom stereocenters. The number of carbonyl (C=O) groups excluding carboxylic acids is 2. The highest BCUT2D eigenvalue weighted by atomic mass is 16.5. The van der Waals surface area contributed by atoms with E-state index in [1.165, 1.54) is 0 Å². The second kappa shape index (κ2) is 8.87. The van der Waals surface area contributed by atoms with Crippen molar-refractivity contribution in [1.82, 2.24) is 5.32 Å². The first-order chi connectivity index (χ1) is 12.0. The zero-order chi connectivity index (χ0) is 18.2. The van der Waals surface area contributed by atoms with Gasteiger partial charge >= 0.3 is 0 Å². The largest absolute Gasteiger partial charge is 0.480 e. The Balaban J connectivity index is 2.02. The van der Waals surface area contributed by atoms with Crippen molar-refractivity contribution in [1.29, 1.82) is 0 Å². The molecular formula is C20H24N2O3. The molecule has 0 aliphatic carbocycles. The molecule has 0 fully saturated rings. The van der Waals surface area contributed by atoms with E-state index in [0.29, 0.717) is 30.0 Å². The second-order valence-corrected chi connectivity index (χ2v) is 5.71. The number of ether oxygens (including phenoxy) is 1. The number of benzene rings is 2. The maximum absolute atomic E-state index is 12.5. The van der Waals surface area contributed by atoms with Crippen LogP contribution in [0.2, 0.25) is 0 Å². The summed E-state index contributed by atoms with van der Waals surface area (Å²) in [5.74, 6) is 0.363. The fraction of sp³-hybridized carbons (Fsp3) is 0.300. The third-order valence-corrected chi connectivity index (χ3v) is 3.78. The predicted molar refractivity (Wildman–Crippen MR) is 99.0 cm³/mol. The molecule has 2 rings (SSSR count). The Bertz CT molecular complexity index is 726. The highest BCUT2D eigenvalue weighted by molar-refractivity contribution is 5.96. The zero-order valence-electron chi connectivity index (χ0n) is 14.8. The van der Waals surface area contributed by atoms with Gasteiger partial charge in [0, 0.05) is 17.8 Å². The topological polar surface area (TPSA) is 67.4 Å². The molecule has 0 aliphatic heterocycles. The summed E-state index contributed by atoms with van der Waals surface area (Å²) < 4.78 is 5.85. The van der Waals surface area contributed by atoms with Gasteiger partial charge in [-0.2, -0.15) is 0 Å². The van der Waals surface area contributed by atoms with Gasteiger partial charge in [0.2, 0.25) is 0 Å². The van der Waals surface area contributed by atoms with E-state index in [1.54, 1.807) is 24.3 Å². The summed E-state index contributed by atoms with van der Waals surface area (Å²) in [6, 6.07) is 14.4. The van der Waals surface area contributed by atoms with Crippen molar-refractivity contribution in [2.24, 2.45) is 0 Å². The number of aryl methyl sites for hydroxylation is 1. The molecule has 0 radical (unpaired) electrons. The van der Waals surface area contributed by atoms with E-state index in [1.807, 2.05) is 45.0 Å². The molecule has 25 heavy (non-hydrogen) atoms. The maximum Gasteiger partial charge on any atom is 0.265 e. The summed E-state index contributed by atoms with van der Waals surface area (Å²) in [6.45, 7) is 6.29. The third-order valence-electron chi connectivity index (χ3n) is 3.78. The second-order valence-electron chi connectivity index (χ2n) is 5.71. The SMILES string of the molecule is CCNC(=O)c1ccc(NC(=O)C(CC)Oc2ccccc2C)cc1. The minimum Gasteiger partial charge on any atom is -0.480 e. The molecule has 0 aromatic heterocycles. The Hall–Kier alpha value is -2.82. The lowest BCUT2D eigenvalue weighted by Crippen LogP contribution is -2.32. The molecule has 0 heterocycles. The van der Waals surface area contributed by atoms with Crippen molar-refractivity contribution in [2.75, 3.05) is 11.9 Å². The first-order valence-corrected chi connectivity index (χ1v) is 8.46. The molecule has 2 aromatic rings. The van der Waals surface area contributed by atoms with Gasteiger partial charge in [-0.15, -0.1) is 0 Å². The maximum atomic E-state index is 12.5. The lowest BCUT2D eigenvalue weighted by molar-refractivity contribution is -0.122. The Labute approximate surface area is 148 Å². The van der Waals surface area contributed by atoms with E-state index in [-0.39, 0.29) is 11.8 Å². The summed E-state index contributed by atoms with van der Waals surface area (Å²) in [5, 5.41) is 5.57. The molecule has 0 bridgehead atoms. The van der Waals surface area contributed by atoms with Crippen LogP contribution in [0.5, 0.6) is 5.75 Å². The third kappa shape index (κ3) is 5.08. The van der Waals surface area contributed by atoms with Gasteiger partial charge in [0.25, 0.3) is 11.8 Å². The number of hydrogen-bond acceptors (Lipinski definition) is 3. The van der Waals surface area contributed by atoms with Crippen molar-refractivity contribution in [3.8, 4) is 5.75 Å². The van der Waals surface area contributed by atoms with E-state index in [9.17, 15) is 9.59 Å². The Morgan fingerprint density at radius 3 is 2.32 bits per heavy atom. The van der Waals surface area contributed by atoms with E-state index in [2.05, 4.69) is 10.6 Å². The molecule has 0 saturated heterocycles. The van der Waals surface area contributed by atoms with Gasteiger partial charge < -0.3 is 15.4 Å². The van der Waals surface area contributed by atoms with Gasteiger partial charge in [-0.3, -0.25) is 9.59 Å². The molecule has 132 valence electrons. The van der Waals surface area contributed by atoms with Crippen molar-refractivity contribution < 1.29 is 14.3 Å². The molecule has 2 amide bonds. The number of rotatable bonds is 7. The smallest absolute Gasteiger partial charge is 0.265 e. The van der Waals surface area contributed by atoms with Gasteiger partial charge in [0.1, 0.15) is 5.75 Å². The zero-order valence-corrected chi connectivity index (χ0v) is 14.8. The Morgan fingerprint density at radius 1 is 1.04 bits per heavy atom. The quantitative estimate of drug-likeness (QED) is 0.810. The van der Waals surface area contributed by atoms with Crippen LogP contribution >= 0.6 is 0 Å². The number of anilines is 1. The van der Waals surface area contributed by atoms with Gasteiger partial charge in [0.05, 0.1) is 0 Å². The summed E-state index contributed by atoms with van der Waals surface area (Å²) >= 11 is 0. The van der Waals surface area contributed by atoms with Crippen LogP contribution in [0.1, 0.15) is 36.2 Å². The predicted octanol–water partition coefficient (Wildman–Crippen LogP) is 3.54. The molecule has 2 N–H and O–H groups in total. The number of carbonyl (C=O) groups is 2. The van der Waals surface area contributed by atoms with Gasteiger partial charge in [-0.05, 0) is 56.2 Å². The van der Waals surface area contributed by atoms with Crippen molar-refractivity contribution in [3.63, 3.8) is 0 Å². The molecule has 1 atom stereocenters. The molecule has 2 aromatic carbocycles. The molecule has 5 heteroatoms. The molecule has 0 spiro atoms. The first kappa shape index (κ1) is 18.5. The van der Waals surface area contributed by atoms with Crippen molar-refractivity contribution in [2.45, 2.75) is 33.3 Å². The van der Waals surface area contributed by atoms with Crippen molar-refractivity contribution in [3.05, 3.63) is 59.7 Å². The van der Waals surface area contributed by atoms with Crippen molar-refractivity contribution >= 4 is 17.5 Å². The molecule has 5 nitrogen and oxygen atoms in total. The first-order valence-electron chi connectivity index (χ1n) is 8.46. The van der Waals surface area contributed by atoms with Crippen LogP contribution in [-0.2, 0) is 4.79 Å². The van der Waals surface area contributed by atoms with E-state index in [4.69, 9.17) is 4.74 Å². The van der Waals surface area contributed by atoms with E-state index in [0.717, 1.165) is 5.56 Å². The highest BCUT2D eigenvalue weighted by Crippen LogP contribution is 2.19.